The van der Waals surface area contributed by atoms with Gasteiger partial charge in [0.15, 0.2) is 5.78 Å². The molecule has 3 atom stereocenters. The maximum absolute atomic E-state index is 13.2. The van der Waals surface area contributed by atoms with Crippen molar-refractivity contribution in [1.29, 1.82) is 0 Å². The van der Waals surface area contributed by atoms with Crippen molar-refractivity contribution in [2.75, 3.05) is 19.7 Å². The minimum Gasteiger partial charge on any atom is -0.356 e. The van der Waals surface area contributed by atoms with E-state index in [1.807, 2.05) is 6.92 Å². The summed E-state index contributed by atoms with van der Waals surface area (Å²) in [5.74, 6) is -2.53. The molecule has 0 aromatic heterocycles. The standard InChI is InChI=1S/C22H32F3N3O5/c1-2-3-4-5-18(30)28-13-21(7-8-21)11-16(28)20(32)27-15(10-14-6-9-26-19(14)31)17(29)12-33-22(23,24)25/h14-16H,2-13H2,1H3,(H,26,31)(H,27,32)/t14-,15-,16-/m0/s1. The van der Waals surface area contributed by atoms with Gasteiger partial charge in [-0.1, -0.05) is 19.8 Å². The second-order valence-electron chi connectivity index (χ2n) is 9.47. The highest BCUT2D eigenvalue weighted by Gasteiger charge is 2.55. The molecule has 0 unspecified atom stereocenters. The Kier molecular flexibility index (Phi) is 8.02. The van der Waals surface area contributed by atoms with Gasteiger partial charge >= 0.3 is 6.36 Å². The number of carbonyl (C=O) groups is 4. The molecule has 11 heteroatoms. The maximum Gasteiger partial charge on any atom is 0.522 e. The van der Waals surface area contributed by atoms with Gasteiger partial charge in [0.25, 0.3) is 0 Å². The number of ketones is 1. The summed E-state index contributed by atoms with van der Waals surface area (Å²) in [7, 11) is 0. The molecule has 1 aliphatic carbocycles. The third-order valence-electron chi connectivity index (χ3n) is 6.85. The lowest BCUT2D eigenvalue weighted by Gasteiger charge is -2.27. The zero-order chi connectivity index (χ0) is 24.2. The first-order valence-corrected chi connectivity index (χ1v) is 11.6. The molecule has 2 N–H and O–H groups in total. The van der Waals surface area contributed by atoms with E-state index in [1.165, 1.54) is 0 Å². The number of ether oxygens (including phenoxy) is 1. The van der Waals surface area contributed by atoms with Crippen LogP contribution in [0.3, 0.4) is 0 Å². The zero-order valence-electron chi connectivity index (χ0n) is 18.8. The van der Waals surface area contributed by atoms with Crippen LogP contribution in [0.2, 0.25) is 0 Å². The smallest absolute Gasteiger partial charge is 0.356 e. The van der Waals surface area contributed by atoms with Crippen molar-refractivity contribution < 1.29 is 37.1 Å². The van der Waals surface area contributed by atoms with Crippen LogP contribution in [0.5, 0.6) is 0 Å². The topological polar surface area (TPSA) is 105 Å². The number of nitrogens with one attached hydrogen (secondary N) is 2. The van der Waals surface area contributed by atoms with Gasteiger partial charge in [0.2, 0.25) is 17.7 Å². The van der Waals surface area contributed by atoms with Gasteiger partial charge in [0, 0.05) is 25.4 Å². The Morgan fingerprint density at radius 2 is 2.00 bits per heavy atom. The van der Waals surface area contributed by atoms with Crippen LogP contribution in [0.15, 0.2) is 0 Å². The van der Waals surface area contributed by atoms with E-state index in [-0.39, 0.29) is 23.7 Å². The lowest BCUT2D eigenvalue weighted by Crippen LogP contribution is -2.52. The van der Waals surface area contributed by atoms with Crippen molar-refractivity contribution >= 4 is 23.5 Å². The predicted octanol–water partition coefficient (Wildman–Crippen LogP) is 2.06. The van der Waals surface area contributed by atoms with Crippen molar-refractivity contribution in [2.45, 2.75) is 83.2 Å². The molecule has 0 aromatic carbocycles. The molecule has 2 aliphatic heterocycles. The molecular weight excluding hydrogens is 443 g/mol. The molecule has 186 valence electrons. The average Bonchev–Trinajstić information content (AvgIpc) is 3.20. The Hall–Kier alpha value is -2.17. The molecule has 3 amide bonds. The first-order valence-electron chi connectivity index (χ1n) is 11.6. The van der Waals surface area contributed by atoms with Gasteiger partial charge in [0.1, 0.15) is 12.6 Å². The van der Waals surface area contributed by atoms with E-state index in [4.69, 9.17) is 0 Å². The molecule has 3 rings (SSSR count). The fourth-order valence-corrected chi connectivity index (χ4v) is 4.71. The second-order valence-corrected chi connectivity index (χ2v) is 9.47. The molecule has 2 saturated heterocycles. The van der Waals surface area contributed by atoms with Gasteiger partial charge in [-0.2, -0.15) is 0 Å². The molecule has 33 heavy (non-hydrogen) atoms. The number of Topliss-reactive ketones (excluding diaryl/α,β-unsaturated/α-hetero) is 1. The van der Waals surface area contributed by atoms with Gasteiger partial charge in [-0.15, -0.1) is 13.2 Å². The number of nitrogens with zero attached hydrogens (tertiary/aromatic N) is 1. The van der Waals surface area contributed by atoms with Crippen LogP contribution in [0, 0.1) is 11.3 Å². The molecule has 1 saturated carbocycles. The van der Waals surface area contributed by atoms with Crippen LogP contribution in [-0.4, -0.2) is 66.5 Å². The Bertz CT molecular complexity index is 769. The molecule has 3 aliphatic rings. The second kappa shape index (κ2) is 10.4. The Balaban J connectivity index is 1.68. The Morgan fingerprint density at radius 3 is 2.58 bits per heavy atom. The summed E-state index contributed by atoms with van der Waals surface area (Å²) in [6.07, 6.45) is 0.549. The van der Waals surface area contributed by atoms with E-state index < -0.39 is 42.7 Å². The summed E-state index contributed by atoms with van der Waals surface area (Å²) < 4.78 is 41.0. The molecule has 0 aromatic rings. The number of hydrogen-bond donors (Lipinski definition) is 2. The van der Waals surface area contributed by atoms with Gasteiger partial charge < -0.3 is 15.5 Å². The molecule has 0 radical (unpaired) electrons. The molecular formula is C22H32F3N3O5. The lowest BCUT2D eigenvalue weighted by atomic mass is 9.95. The van der Waals surface area contributed by atoms with Crippen LogP contribution < -0.4 is 10.6 Å². The van der Waals surface area contributed by atoms with Crippen molar-refractivity contribution in [3.05, 3.63) is 0 Å². The Morgan fingerprint density at radius 1 is 1.27 bits per heavy atom. The molecule has 3 fully saturated rings. The highest BCUT2D eigenvalue weighted by Crippen LogP contribution is 2.55. The molecule has 2 heterocycles. The van der Waals surface area contributed by atoms with E-state index in [0.29, 0.717) is 32.4 Å². The largest absolute Gasteiger partial charge is 0.522 e. The fraction of sp³-hybridized carbons (Fsp3) is 0.818. The van der Waals surface area contributed by atoms with Crippen LogP contribution in [0.1, 0.15) is 64.7 Å². The van der Waals surface area contributed by atoms with Crippen molar-refractivity contribution in [3.63, 3.8) is 0 Å². The van der Waals surface area contributed by atoms with Gasteiger partial charge in [-0.05, 0) is 43.9 Å². The minimum absolute atomic E-state index is 0.0767. The summed E-state index contributed by atoms with van der Waals surface area (Å²) in [6.45, 7) is 1.66. The molecule has 0 bridgehead atoms. The van der Waals surface area contributed by atoms with Gasteiger partial charge in [0.05, 0.1) is 6.04 Å². The van der Waals surface area contributed by atoms with Gasteiger partial charge in [-0.3, -0.25) is 23.9 Å². The zero-order valence-corrected chi connectivity index (χ0v) is 18.8. The fourth-order valence-electron chi connectivity index (χ4n) is 4.71. The van der Waals surface area contributed by atoms with Gasteiger partial charge in [-0.25, -0.2) is 0 Å². The number of carbonyl (C=O) groups excluding carboxylic acids is 4. The van der Waals surface area contributed by atoms with E-state index in [0.717, 1.165) is 32.1 Å². The first-order chi connectivity index (χ1) is 15.5. The highest BCUT2D eigenvalue weighted by atomic mass is 19.4. The number of unbranched alkanes of at least 4 members (excludes halogenated alkanes) is 2. The summed E-state index contributed by atoms with van der Waals surface area (Å²) in [4.78, 5) is 52.0. The summed E-state index contributed by atoms with van der Waals surface area (Å²) in [5.41, 5.74) is -0.0767. The van der Waals surface area contributed by atoms with Crippen LogP contribution >= 0.6 is 0 Å². The van der Waals surface area contributed by atoms with Crippen LogP contribution in [0.4, 0.5) is 13.2 Å². The summed E-state index contributed by atoms with van der Waals surface area (Å²) in [6, 6.07) is -2.07. The maximum atomic E-state index is 13.2. The minimum atomic E-state index is -4.99. The highest BCUT2D eigenvalue weighted by molar-refractivity contribution is 5.94. The third-order valence-corrected chi connectivity index (χ3v) is 6.85. The normalized spacial score (nSPS) is 24.6. The number of likely N-dealkylation sites (tertiary alicyclic amines) is 1. The molecule has 8 nitrogen and oxygen atoms in total. The summed E-state index contributed by atoms with van der Waals surface area (Å²) >= 11 is 0. The van der Waals surface area contributed by atoms with Crippen molar-refractivity contribution in [2.24, 2.45) is 11.3 Å². The monoisotopic (exact) mass is 475 g/mol. The third kappa shape index (κ3) is 6.91. The van der Waals surface area contributed by atoms with Crippen LogP contribution in [-0.2, 0) is 23.9 Å². The van der Waals surface area contributed by atoms with E-state index >= 15 is 0 Å². The predicted molar refractivity (Wildman–Crippen MR) is 111 cm³/mol. The SMILES string of the molecule is CCCCCC(=O)N1CC2(CC2)C[C@H]1C(=O)N[C@@H](C[C@@H]1CCNC1=O)C(=O)COC(F)(F)F. The number of rotatable bonds is 11. The summed E-state index contributed by atoms with van der Waals surface area (Å²) in [5, 5.41) is 5.17. The van der Waals surface area contributed by atoms with Crippen LogP contribution in [0.25, 0.3) is 0 Å². The van der Waals surface area contributed by atoms with E-state index in [1.54, 1.807) is 4.90 Å². The number of alkyl halides is 3. The van der Waals surface area contributed by atoms with Crippen molar-refractivity contribution in [3.8, 4) is 0 Å². The van der Waals surface area contributed by atoms with E-state index in [9.17, 15) is 32.3 Å². The quantitative estimate of drug-likeness (QED) is 0.445. The van der Waals surface area contributed by atoms with E-state index in [2.05, 4.69) is 15.4 Å². The van der Waals surface area contributed by atoms with Crippen molar-refractivity contribution in [1.82, 2.24) is 15.5 Å². The lowest BCUT2D eigenvalue weighted by molar-refractivity contribution is -0.321. The number of amides is 3. The molecule has 1 spiro atoms. The average molecular weight is 476 g/mol. The number of hydrogen-bond acceptors (Lipinski definition) is 5. The number of halogens is 3. The Labute approximate surface area is 191 Å². The first kappa shape index (κ1) is 25.5.